The van der Waals surface area contributed by atoms with Gasteiger partial charge in [-0.15, -0.1) is 0 Å². The molecule has 0 unspecified atom stereocenters. The maximum Gasteiger partial charge on any atom is 0.280 e. The largest absolute Gasteiger partial charge is 0.456 e. The Balaban J connectivity index is 2.00. The number of hydrogen-bond acceptors (Lipinski definition) is 4. The maximum atomic E-state index is 11.3. The predicted octanol–water partition coefficient (Wildman–Crippen LogP) is 5.23. The predicted molar refractivity (Wildman–Crippen MR) is 95.5 cm³/mol. The molecule has 0 radical (unpaired) electrons. The van der Waals surface area contributed by atoms with Gasteiger partial charge in [-0.05, 0) is 42.3 Å². The number of benzene rings is 2. The number of nitro benzene ring substituents is 1. The third-order valence-corrected chi connectivity index (χ3v) is 3.73. The zero-order valence-electron chi connectivity index (χ0n) is 13.5. The van der Waals surface area contributed by atoms with Crippen LogP contribution in [0.25, 0.3) is 23.0 Å². The number of nitro groups is 1. The van der Waals surface area contributed by atoms with Crippen LogP contribution in [0.15, 0.2) is 65.1 Å². The van der Waals surface area contributed by atoms with Gasteiger partial charge in [0.05, 0.1) is 22.1 Å². The summed E-state index contributed by atoms with van der Waals surface area (Å²) in [4.78, 5) is 10.8. The van der Waals surface area contributed by atoms with Crippen molar-refractivity contribution in [2.45, 2.75) is 6.92 Å². The number of nitriles is 1. The number of rotatable bonds is 4. The van der Waals surface area contributed by atoms with Gasteiger partial charge < -0.3 is 4.42 Å². The van der Waals surface area contributed by atoms with E-state index >= 15 is 0 Å². The van der Waals surface area contributed by atoms with Crippen molar-refractivity contribution in [2.75, 3.05) is 0 Å². The molecule has 2 aromatic carbocycles. The molecule has 0 saturated heterocycles. The van der Waals surface area contributed by atoms with Gasteiger partial charge in [-0.2, -0.15) is 5.26 Å². The minimum atomic E-state index is -0.426. The number of allylic oxidation sites excluding steroid dienone is 1. The molecule has 1 heterocycles. The molecule has 122 valence electrons. The number of furan rings is 1. The fraction of sp³-hybridized carbons (Fsp3) is 0.0500. The molecule has 5 heteroatoms. The summed E-state index contributed by atoms with van der Waals surface area (Å²) in [6.45, 7) is 1.80. The quantitative estimate of drug-likeness (QED) is 0.373. The second kappa shape index (κ2) is 6.85. The lowest BCUT2D eigenvalue weighted by atomic mass is 10.1. The molecule has 0 bridgehead atoms. The van der Waals surface area contributed by atoms with Crippen LogP contribution in [0.1, 0.15) is 16.9 Å². The molecule has 0 aliphatic carbocycles. The minimum absolute atomic E-state index is 0.00607. The Morgan fingerprint density at radius 3 is 2.60 bits per heavy atom. The SMILES string of the molecule is Cc1ccc(-c2ccc(/C=C(/C#N)c3ccccc3)o2)c([N+](=O)[O-])c1. The highest BCUT2D eigenvalue weighted by Gasteiger charge is 2.18. The number of hydrogen-bond donors (Lipinski definition) is 0. The van der Waals surface area contributed by atoms with Gasteiger partial charge in [-0.3, -0.25) is 10.1 Å². The van der Waals surface area contributed by atoms with Crippen LogP contribution in [0.3, 0.4) is 0 Å². The summed E-state index contributed by atoms with van der Waals surface area (Å²) in [6.07, 6.45) is 1.62. The molecule has 0 amide bonds. The second-order valence-corrected chi connectivity index (χ2v) is 5.52. The summed E-state index contributed by atoms with van der Waals surface area (Å²) >= 11 is 0. The van der Waals surface area contributed by atoms with Crippen LogP contribution in [0.5, 0.6) is 0 Å². The Bertz CT molecular complexity index is 995. The number of nitrogens with zero attached hydrogens (tertiary/aromatic N) is 2. The first-order valence-corrected chi connectivity index (χ1v) is 7.61. The van der Waals surface area contributed by atoms with E-state index in [4.69, 9.17) is 4.42 Å². The van der Waals surface area contributed by atoms with Crippen LogP contribution in [0.2, 0.25) is 0 Å². The molecule has 5 nitrogen and oxygen atoms in total. The zero-order chi connectivity index (χ0) is 17.8. The average molecular weight is 330 g/mol. The van der Waals surface area contributed by atoms with E-state index in [1.807, 2.05) is 30.3 Å². The molecule has 3 aromatic rings. The van der Waals surface area contributed by atoms with E-state index in [0.717, 1.165) is 11.1 Å². The normalized spacial score (nSPS) is 11.1. The molecule has 0 N–H and O–H groups in total. The van der Waals surface area contributed by atoms with Crippen molar-refractivity contribution >= 4 is 17.3 Å². The topological polar surface area (TPSA) is 80.1 Å². The van der Waals surface area contributed by atoms with E-state index in [0.29, 0.717) is 22.7 Å². The van der Waals surface area contributed by atoms with Gasteiger partial charge in [0.15, 0.2) is 0 Å². The van der Waals surface area contributed by atoms with Gasteiger partial charge in [0.1, 0.15) is 11.5 Å². The first kappa shape index (κ1) is 16.2. The standard InChI is InChI=1S/C20H14N2O3/c1-14-7-9-18(19(11-14)22(23)24)20-10-8-17(25-20)12-16(13-21)15-5-3-2-4-6-15/h2-12H,1H3/b16-12-. The minimum Gasteiger partial charge on any atom is -0.456 e. The van der Waals surface area contributed by atoms with Crippen LogP contribution in [-0.2, 0) is 0 Å². The highest BCUT2D eigenvalue weighted by atomic mass is 16.6. The first-order chi connectivity index (χ1) is 12.1. The van der Waals surface area contributed by atoms with Crippen LogP contribution in [0, 0.1) is 28.4 Å². The monoisotopic (exact) mass is 330 g/mol. The van der Waals surface area contributed by atoms with Gasteiger partial charge in [-0.1, -0.05) is 36.4 Å². The Kier molecular flexibility index (Phi) is 4.44. The lowest BCUT2D eigenvalue weighted by Gasteiger charge is -2.01. The van der Waals surface area contributed by atoms with Crippen molar-refractivity contribution in [3.63, 3.8) is 0 Å². The molecule has 0 spiro atoms. The van der Waals surface area contributed by atoms with E-state index in [1.165, 1.54) is 6.07 Å². The van der Waals surface area contributed by atoms with Crippen molar-refractivity contribution in [3.05, 3.63) is 87.7 Å². The van der Waals surface area contributed by atoms with E-state index in [1.54, 1.807) is 37.3 Å². The van der Waals surface area contributed by atoms with Crippen LogP contribution in [0.4, 0.5) is 5.69 Å². The zero-order valence-corrected chi connectivity index (χ0v) is 13.5. The molecular weight excluding hydrogens is 316 g/mol. The highest BCUT2D eigenvalue weighted by molar-refractivity contribution is 5.89. The van der Waals surface area contributed by atoms with E-state index in [-0.39, 0.29) is 5.69 Å². The fourth-order valence-electron chi connectivity index (χ4n) is 2.52. The Hall–Kier alpha value is -3.65. The second-order valence-electron chi connectivity index (χ2n) is 5.52. The highest BCUT2D eigenvalue weighted by Crippen LogP contribution is 2.32. The fourth-order valence-corrected chi connectivity index (χ4v) is 2.52. The van der Waals surface area contributed by atoms with Gasteiger partial charge in [0.2, 0.25) is 0 Å². The summed E-state index contributed by atoms with van der Waals surface area (Å²) in [5.74, 6) is 0.855. The molecule has 0 saturated carbocycles. The molecule has 0 aliphatic rings. The third kappa shape index (κ3) is 3.48. The summed E-state index contributed by atoms with van der Waals surface area (Å²) in [6, 6.07) is 19.7. The molecule has 0 atom stereocenters. The average Bonchev–Trinajstić information content (AvgIpc) is 3.08. The summed E-state index contributed by atoms with van der Waals surface area (Å²) in [5, 5.41) is 20.6. The molecule has 1 aromatic heterocycles. The van der Waals surface area contributed by atoms with Crippen molar-refractivity contribution in [2.24, 2.45) is 0 Å². The third-order valence-electron chi connectivity index (χ3n) is 3.73. The van der Waals surface area contributed by atoms with E-state index in [2.05, 4.69) is 6.07 Å². The Labute approximate surface area is 144 Å². The van der Waals surface area contributed by atoms with E-state index < -0.39 is 4.92 Å². The lowest BCUT2D eigenvalue weighted by Crippen LogP contribution is -1.92. The Morgan fingerprint density at radius 2 is 1.92 bits per heavy atom. The molecule has 25 heavy (non-hydrogen) atoms. The molecule has 3 rings (SSSR count). The van der Waals surface area contributed by atoms with Crippen molar-refractivity contribution < 1.29 is 9.34 Å². The molecule has 0 aliphatic heterocycles. The van der Waals surface area contributed by atoms with Gasteiger partial charge in [0, 0.05) is 6.07 Å². The van der Waals surface area contributed by atoms with Crippen LogP contribution < -0.4 is 0 Å². The van der Waals surface area contributed by atoms with Gasteiger partial charge in [-0.25, -0.2) is 0 Å². The van der Waals surface area contributed by atoms with E-state index in [9.17, 15) is 15.4 Å². The Morgan fingerprint density at radius 1 is 1.16 bits per heavy atom. The van der Waals surface area contributed by atoms with Crippen molar-refractivity contribution in [3.8, 4) is 17.4 Å². The van der Waals surface area contributed by atoms with Crippen LogP contribution >= 0.6 is 0 Å². The molecule has 0 fully saturated rings. The number of aryl methyl sites for hydroxylation is 1. The summed E-state index contributed by atoms with van der Waals surface area (Å²) in [7, 11) is 0. The summed E-state index contributed by atoms with van der Waals surface area (Å²) in [5.41, 5.74) is 2.45. The van der Waals surface area contributed by atoms with Crippen molar-refractivity contribution in [1.29, 1.82) is 5.26 Å². The maximum absolute atomic E-state index is 11.3. The smallest absolute Gasteiger partial charge is 0.280 e. The van der Waals surface area contributed by atoms with Gasteiger partial charge in [0.25, 0.3) is 5.69 Å². The first-order valence-electron chi connectivity index (χ1n) is 7.61. The van der Waals surface area contributed by atoms with Crippen molar-refractivity contribution in [1.82, 2.24) is 0 Å². The lowest BCUT2D eigenvalue weighted by molar-refractivity contribution is -0.384. The molecular formula is C20H14N2O3. The van der Waals surface area contributed by atoms with Crippen LogP contribution in [-0.4, -0.2) is 4.92 Å². The van der Waals surface area contributed by atoms with Gasteiger partial charge >= 0.3 is 0 Å². The summed E-state index contributed by atoms with van der Waals surface area (Å²) < 4.78 is 5.72.